The molecule has 12 heavy (non-hydrogen) atoms. The molecule has 68 valence electrons. The van der Waals surface area contributed by atoms with E-state index in [9.17, 15) is 4.79 Å². The van der Waals surface area contributed by atoms with E-state index < -0.39 is 11.5 Å². The lowest BCUT2D eigenvalue weighted by Crippen LogP contribution is -2.48. The Morgan fingerprint density at radius 3 is 2.75 bits per heavy atom. The highest BCUT2D eigenvalue weighted by Crippen LogP contribution is 2.21. The van der Waals surface area contributed by atoms with Gasteiger partial charge in [0.25, 0.3) is 0 Å². The van der Waals surface area contributed by atoms with Crippen LogP contribution in [-0.2, 0) is 4.79 Å². The Balaban J connectivity index is 2.73. The van der Waals surface area contributed by atoms with Gasteiger partial charge in [0, 0.05) is 6.54 Å². The van der Waals surface area contributed by atoms with Crippen LogP contribution in [0.15, 0.2) is 12.2 Å². The summed E-state index contributed by atoms with van der Waals surface area (Å²) in [6, 6.07) is 0. The second-order valence-electron chi connectivity index (χ2n) is 3.66. The van der Waals surface area contributed by atoms with Crippen molar-refractivity contribution in [3.05, 3.63) is 12.2 Å². The number of carbonyl (C=O) groups is 1. The van der Waals surface area contributed by atoms with Crippen molar-refractivity contribution in [3.63, 3.8) is 0 Å². The number of nitrogens with one attached hydrogen (secondary N) is 1. The molecule has 0 amide bonds. The van der Waals surface area contributed by atoms with E-state index in [1.54, 1.807) is 6.08 Å². The van der Waals surface area contributed by atoms with Crippen LogP contribution in [0, 0.1) is 5.92 Å². The fourth-order valence-corrected chi connectivity index (χ4v) is 1.58. The van der Waals surface area contributed by atoms with Crippen molar-refractivity contribution in [2.24, 2.45) is 5.92 Å². The van der Waals surface area contributed by atoms with Crippen molar-refractivity contribution in [3.8, 4) is 0 Å². The summed E-state index contributed by atoms with van der Waals surface area (Å²) >= 11 is 0. The van der Waals surface area contributed by atoms with Crippen LogP contribution in [-0.4, -0.2) is 23.2 Å². The summed E-state index contributed by atoms with van der Waals surface area (Å²) < 4.78 is 0. The van der Waals surface area contributed by atoms with Gasteiger partial charge in [0.15, 0.2) is 0 Å². The summed E-state index contributed by atoms with van der Waals surface area (Å²) in [4.78, 5) is 10.9. The molecule has 2 N–H and O–H groups in total. The third-order valence-electron chi connectivity index (χ3n) is 2.05. The summed E-state index contributed by atoms with van der Waals surface area (Å²) in [6.07, 6.45) is 4.28. The van der Waals surface area contributed by atoms with Gasteiger partial charge >= 0.3 is 5.97 Å². The molecule has 1 heterocycles. The van der Waals surface area contributed by atoms with Crippen LogP contribution in [0.25, 0.3) is 0 Å². The Morgan fingerprint density at radius 2 is 2.42 bits per heavy atom. The Labute approximate surface area is 72.5 Å². The molecule has 0 aromatic carbocycles. The molecule has 3 heteroatoms. The third kappa shape index (κ3) is 1.67. The van der Waals surface area contributed by atoms with Crippen molar-refractivity contribution < 1.29 is 9.90 Å². The Morgan fingerprint density at radius 1 is 1.75 bits per heavy atom. The lowest BCUT2D eigenvalue weighted by Gasteiger charge is -2.24. The van der Waals surface area contributed by atoms with Gasteiger partial charge in [-0.15, -0.1) is 0 Å². The minimum absolute atomic E-state index is 0.386. The van der Waals surface area contributed by atoms with Gasteiger partial charge in [0.1, 0.15) is 5.54 Å². The molecule has 1 atom stereocenters. The lowest BCUT2D eigenvalue weighted by atomic mass is 9.90. The molecule has 1 aliphatic rings. The monoisotopic (exact) mass is 169 g/mol. The van der Waals surface area contributed by atoms with Crippen molar-refractivity contribution in [1.29, 1.82) is 0 Å². The van der Waals surface area contributed by atoms with Crippen LogP contribution in [0.2, 0.25) is 0 Å². The maximum absolute atomic E-state index is 10.9. The van der Waals surface area contributed by atoms with Crippen molar-refractivity contribution in [2.45, 2.75) is 25.8 Å². The summed E-state index contributed by atoms with van der Waals surface area (Å²) in [5.74, 6) is -0.388. The fraction of sp³-hybridized carbons (Fsp3) is 0.667. The van der Waals surface area contributed by atoms with Crippen LogP contribution in [0.1, 0.15) is 20.3 Å². The Hall–Kier alpha value is -0.830. The smallest absolute Gasteiger partial charge is 0.327 e. The number of rotatable bonds is 3. The molecule has 0 aromatic rings. The van der Waals surface area contributed by atoms with Gasteiger partial charge in [-0.05, 0) is 12.3 Å². The molecule has 0 radical (unpaired) electrons. The van der Waals surface area contributed by atoms with Crippen molar-refractivity contribution >= 4 is 5.97 Å². The molecular weight excluding hydrogens is 154 g/mol. The maximum atomic E-state index is 10.9. The largest absolute Gasteiger partial charge is 0.480 e. The van der Waals surface area contributed by atoms with Gasteiger partial charge in [-0.1, -0.05) is 26.0 Å². The topological polar surface area (TPSA) is 49.3 Å². The molecule has 0 saturated carbocycles. The molecule has 0 aliphatic carbocycles. The minimum Gasteiger partial charge on any atom is -0.480 e. The molecule has 0 unspecified atom stereocenters. The Kier molecular flexibility index (Phi) is 2.52. The number of carboxylic acids is 1. The predicted octanol–water partition coefficient (Wildman–Crippen LogP) is 1.02. The molecule has 0 saturated heterocycles. The van der Waals surface area contributed by atoms with E-state index in [1.165, 1.54) is 0 Å². The van der Waals surface area contributed by atoms with E-state index >= 15 is 0 Å². The first kappa shape index (κ1) is 9.26. The number of hydrogen-bond donors (Lipinski definition) is 2. The van der Waals surface area contributed by atoms with E-state index in [4.69, 9.17) is 5.11 Å². The van der Waals surface area contributed by atoms with Gasteiger partial charge in [-0.3, -0.25) is 5.32 Å². The van der Waals surface area contributed by atoms with E-state index in [0.29, 0.717) is 18.9 Å². The average molecular weight is 169 g/mol. The number of carboxylic acid groups (broad SMARTS) is 1. The van der Waals surface area contributed by atoms with Gasteiger partial charge in [-0.25, -0.2) is 4.79 Å². The fourth-order valence-electron chi connectivity index (χ4n) is 1.58. The quantitative estimate of drug-likeness (QED) is 0.620. The zero-order valence-electron chi connectivity index (χ0n) is 7.50. The van der Waals surface area contributed by atoms with E-state index in [2.05, 4.69) is 5.32 Å². The second-order valence-corrected chi connectivity index (χ2v) is 3.66. The number of aliphatic carboxylic acids is 1. The molecule has 0 fully saturated rings. The first-order valence-corrected chi connectivity index (χ1v) is 4.23. The Bertz CT molecular complexity index is 211. The molecule has 3 nitrogen and oxygen atoms in total. The highest BCUT2D eigenvalue weighted by atomic mass is 16.4. The summed E-state index contributed by atoms with van der Waals surface area (Å²) in [6.45, 7) is 4.72. The second kappa shape index (κ2) is 3.27. The number of hydrogen-bond acceptors (Lipinski definition) is 2. The van der Waals surface area contributed by atoms with Gasteiger partial charge in [-0.2, -0.15) is 0 Å². The first-order valence-electron chi connectivity index (χ1n) is 4.23. The molecular formula is C9H15NO2. The summed E-state index contributed by atoms with van der Waals surface area (Å²) in [5, 5.41) is 12.0. The van der Waals surface area contributed by atoms with Gasteiger partial charge in [0.2, 0.25) is 0 Å². The van der Waals surface area contributed by atoms with Crippen LogP contribution in [0.5, 0.6) is 0 Å². The van der Waals surface area contributed by atoms with E-state index in [0.717, 1.165) is 0 Å². The van der Waals surface area contributed by atoms with Crippen LogP contribution in [0.3, 0.4) is 0 Å². The standard InChI is InChI=1S/C9H15NO2/c1-7(2)6-9(8(11)12)4-3-5-10-9/h3-4,7,10H,5-6H2,1-2H3,(H,11,12)/t9-/m0/s1. The summed E-state index contributed by atoms with van der Waals surface area (Å²) in [5.41, 5.74) is -0.797. The van der Waals surface area contributed by atoms with Crippen LogP contribution < -0.4 is 5.32 Å². The highest BCUT2D eigenvalue weighted by molar-refractivity contribution is 5.82. The van der Waals surface area contributed by atoms with Crippen molar-refractivity contribution in [2.75, 3.05) is 6.54 Å². The maximum Gasteiger partial charge on any atom is 0.327 e. The van der Waals surface area contributed by atoms with Crippen LogP contribution in [0.4, 0.5) is 0 Å². The summed E-state index contributed by atoms with van der Waals surface area (Å²) in [7, 11) is 0. The van der Waals surface area contributed by atoms with E-state index in [1.807, 2.05) is 19.9 Å². The first-order chi connectivity index (χ1) is 5.57. The van der Waals surface area contributed by atoms with Gasteiger partial charge in [0.05, 0.1) is 0 Å². The highest BCUT2D eigenvalue weighted by Gasteiger charge is 2.37. The molecule has 0 spiro atoms. The van der Waals surface area contributed by atoms with E-state index in [-0.39, 0.29) is 0 Å². The molecule has 0 bridgehead atoms. The normalized spacial score (nSPS) is 28.2. The lowest BCUT2D eigenvalue weighted by molar-refractivity contribution is -0.143. The molecule has 1 aliphatic heterocycles. The zero-order chi connectivity index (χ0) is 9.19. The van der Waals surface area contributed by atoms with Crippen LogP contribution >= 0.6 is 0 Å². The molecule has 0 aromatic heterocycles. The third-order valence-corrected chi connectivity index (χ3v) is 2.05. The van der Waals surface area contributed by atoms with Gasteiger partial charge < -0.3 is 5.11 Å². The molecule has 1 rings (SSSR count). The van der Waals surface area contributed by atoms with Crippen molar-refractivity contribution in [1.82, 2.24) is 5.32 Å². The predicted molar refractivity (Wildman–Crippen MR) is 47.0 cm³/mol. The SMILES string of the molecule is CC(C)C[C@]1(C(=O)O)C=CCN1. The average Bonchev–Trinajstić information content (AvgIpc) is 2.35. The zero-order valence-corrected chi connectivity index (χ0v) is 7.50. The minimum atomic E-state index is -0.797.